The van der Waals surface area contributed by atoms with Gasteiger partial charge in [0.05, 0.1) is 0 Å². The van der Waals surface area contributed by atoms with Gasteiger partial charge in [-0.05, 0) is 85.8 Å². The minimum atomic E-state index is 0.373. The van der Waals surface area contributed by atoms with Crippen LogP contribution in [-0.2, 0) is 6.42 Å². The molecule has 2 aliphatic carbocycles. The summed E-state index contributed by atoms with van der Waals surface area (Å²) in [6.07, 6.45) is 14.4. The molecule has 0 atom stereocenters. The molecule has 0 unspecified atom stereocenters. The SMILES string of the molecule is CCc1c(NCC2CCCCC2)cccc1-c1ccnc(NC2CCC(N)CC2)c1. The number of nitrogens with two attached hydrogens (primary N) is 1. The number of rotatable bonds is 7. The van der Waals surface area contributed by atoms with Crippen molar-refractivity contribution < 1.29 is 0 Å². The average molecular weight is 407 g/mol. The van der Waals surface area contributed by atoms with Gasteiger partial charge in [-0.2, -0.15) is 0 Å². The van der Waals surface area contributed by atoms with Crippen LogP contribution in [0, 0.1) is 5.92 Å². The summed E-state index contributed by atoms with van der Waals surface area (Å²) in [5.41, 5.74) is 11.3. The zero-order valence-corrected chi connectivity index (χ0v) is 18.5. The molecule has 2 aromatic rings. The normalized spacial score (nSPS) is 22.6. The molecule has 0 spiro atoms. The summed E-state index contributed by atoms with van der Waals surface area (Å²) in [4.78, 5) is 4.60. The molecule has 0 aliphatic heterocycles. The smallest absolute Gasteiger partial charge is 0.126 e. The van der Waals surface area contributed by atoms with Crippen molar-refractivity contribution >= 4 is 11.5 Å². The fourth-order valence-electron chi connectivity index (χ4n) is 5.20. The van der Waals surface area contributed by atoms with Gasteiger partial charge in [0.1, 0.15) is 5.82 Å². The first kappa shape index (κ1) is 21.2. The highest BCUT2D eigenvalue weighted by atomic mass is 15.0. The van der Waals surface area contributed by atoms with Gasteiger partial charge in [-0.25, -0.2) is 4.98 Å². The molecule has 1 heterocycles. The van der Waals surface area contributed by atoms with Gasteiger partial charge in [-0.15, -0.1) is 0 Å². The Bertz CT molecular complexity index is 804. The Balaban J connectivity index is 1.48. The zero-order valence-electron chi connectivity index (χ0n) is 18.5. The van der Waals surface area contributed by atoms with Gasteiger partial charge in [0.25, 0.3) is 0 Å². The number of pyridine rings is 1. The minimum absolute atomic E-state index is 0.373. The standard InChI is InChI=1S/C26H38N4/c1-2-23-24(9-6-10-25(23)29-18-19-7-4-3-5-8-19)20-15-16-28-26(17-20)30-22-13-11-21(27)12-14-22/h6,9-10,15-17,19,21-22,29H,2-5,7-8,11-14,18,27H2,1H3,(H,28,30). The topological polar surface area (TPSA) is 63.0 Å². The first-order valence-corrected chi connectivity index (χ1v) is 12.1. The first-order chi connectivity index (χ1) is 14.7. The van der Waals surface area contributed by atoms with Gasteiger partial charge in [0.15, 0.2) is 0 Å². The second kappa shape index (κ2) is 10.3. The Morgan fingerprint density at radius 2 is 1.80 bits per heavy atom. The van der Waals surface area contributed by atoms with Crippen LogP contribution in [0.4, 0.5) is 11.5 Å². The summed E-state index contributed by atoms with van der Waals surface area (Å²) in [7, 11) is 0. The maximum atomic E-state index is 6.06. The molecule has 2 saturated carbocycles. The molecule has 2 aliphatic rings. The van der Waals surface area contributed by atoms with E-state index in [1.54, 1.807) is 0 Å². The van der Waals surface area contributed by atoms with E-state index in [1.807, 2.05) is 6.20 Å². The van der Waals surface area contributed by atoms with E-state index < -0.39 is 0 Å². The van der Waals surface area contributed by atoms with Gasteiger partial charge in [0, 0.05) is 30.5 Å². The number of hydrogen-bond donors (Lipinski definition) is 3. The summed E-state index contributed by atoms with van der Waals surface area (Å²) < 4.78 is 0. The monoisotopic (exact) mass is 406 g/mol. The van der Waals surface area contributed by atoms with Crippen LogP contribution in [0.15, 0.2) is 36.5 Å². The lowest BCUT2D eigenvalue weighted by Crippen LogP contribution is -2.33. The van der Waals surface area contributed by atoms with Crippen LogP contribution in [0.5, 0.6) is 0 Å². The molecule has 4 N–H and O–H groups in total. The molecule has 0 bridgehead atoms. The van der Waals surface area contributed by atoms with Crippen molar-refractivity contribution in [1.29, 1.82) is 0 Å². The van der Waals surface area contributed by atoms with E-state index in [0.29, 0.717) is 12.1 Å². The Hall–Kier alpha value is -2.07. The predicted molar refractivity (Wildman–Crippen MR) is 128 cm³/mol. The van der Waals surface area contributed by atoms with Gasteiger partial charge < -0.3 is 16.4 Å². The first-order valence-electron chi connectivity index (χ1n) is 12.1. The van der Waals surface area contributed by atoms with Crippen LogP contribution < -0.4 is 16.4 Å². The molecule has 162 valence electrons. The van der Waals surface area contributed by atoms with Crippen LogP contribution in [0.25, 0.3) is 11.1 Å². The van der Waals surface area contributed by atoms with Crippen LogP contribution in [0.1, 0.15) is 70.3 Å². The highest BCUT2D eigenvalue weighted by Gasteiger charge is 2.19. The molecule has 4 heteroatoms. The van der Waals surface area contributed by atoms with Crippen LogP contribution >= 0.6 is 0 Å². The summed E-state index contributed by atoms with van der Waals surface area (Å²) in [6, 6.07) is 11.9. The van der Waals surface area contributed by atoms with Gasteiger partial charge in [-0.3, -0.25) is 0 Å². The van der Waals surface area contributed by atoms with Gasteiger partial charge >= 0.3 is 0 Å². The van der Waals surface area contributed by atoms with Crippen molar-refractivity contribution in [2.24, 2.45) is 11.7 Å². The highest BCUT2D eigenvalue weighted by Crippen LogP contribution is 2.32. The lowest BCUT2D eigenvalue weighted by Gasteiger charge is -2.27. The predicted octanol–water partition coefficient (Wildman–Crippen LogP) is 5.99. The molecule has 4 nitrogen and oxygen atoms in total. The molecule has 1 aromatic carbocycles. The second-order valence-corrected chi connectivity index (χ2v) is 9.26. The number of benzene rings is 1. The third-order valence-corrected chi connectivity index (χ3v) is 7.03. The molecule has 0 saturated heterocycles. The van der Waals surface area contributed by atoms with Crippen molar-refractivity contribution in [3.63, 3.8) is 0 Å². The van der Waals surface area contributed by atoms with Crippen molar-refractivity contribution in [1.82, 2.24) is 4.98 Å². The molecule has 2 fully saturated rings. The van der Waals surface area contributed by atoms with Crippen molar-refractivity contribution in [3.05, 3.63) is 42.1 Å². The minimum Gasteiger partial charge on any atom is -0.385 e. The Labute approximate surface area is 182 Å². The van der Waals surface area contributed by atoms with Crippen molar-refractivity contribution in [2.45, 2.75) is 83.2 Å². The number of hydrogen-bond acceptors (Lipinski definition) is 4. The third kappa shape index (κ3) is 5.34. The Morgan fingerprint density at radius 1 is 1.00 bits per heavy atom. The number of anilines is 2. The quantitative estimate of drug-likeness (QED) is 0.529. The van der Waals surface area contributed by atoms with E-state index in [4.69, 9.17) is 5.73 Å². The Morgan fingerprint density at radius 3 is 2.57 bits per heavy atom. The van der Waals surface area contributed by atoms with Crippen molar-refractivity contribution in [2.75, 3.05) is 17.2 Å². The van der Waals surface area contributed by atoms with E-state index in [2.05, 4.69) is 52.9 Å². The summed E-state index contributed by atoms with van der Waals surface area (Å²) in [5, 5.41) is 7.43. The second-order valence-electron chi connectivity index (χ2n) is 9.26. The number of aromatic nitrogens is 1. The lowest BCUT2D eigenvalue weighted by atomic mass is 9.89. The van der Waals surface area contributed by atoms with E-state index >= 15 is 0 Å². The van der Waals surface area contributed by atoms with Crippen LogP contribution in [0.2, 0.25) is 0 Å². The number of nitrogens with one attached hydrogen (secondary N) is 2. The largest absolute Gasteiger partial charge is 0.385 e. The maximum absolute atomic E-state index is 6.06. The molecule has 0 radical (unpaired) electrons. The molecular weight excluding hydrogens is 368 g/mol. The maximum Gasteiger partial charge on any atom is 0.126 e. The molecule has 4 rings (SSSR count). The molecule has 30 heavy (non-hydrogen) atoms. The number of nitrogens with zero attached hydrogens (tertiary/aromatic N) is 1. The molecular formula is C26H38N4. The summed E-state index contributed by atoms with van der Waals surface area (Å²) >= 11 is 0. The van der Waals surface area contributed by atoms with Crippen LogP contribution in [0.3, 0.4) is 0 Å². The molecule has 0 amide bonds. The summed E-state index contributed by atoms with van der Waals surface area (Å²) in [6.45, 7) is 3.36. The lowest BCUT2D eigenvalue weighted by molar-refractivity contribution is 0.373. The third-order valence-electron chi connectivity index (χ3n) is 7.03. The van der Waals surface area contributed by atoms with E-state index in [9.17, 15) is 0 Å². The average Bonchev–Trinajstić information content (AvgIpc) is 2.80. The molecule has 1 aromatic heterocycles. The highest BCUT2D eigenvalue weighted by molar-refractivity contribution is 5.75. The van der Waals surface area contributed by atoms with E-state index in [-0.39, 0.29) is 0 Å². The van der Waals surface area contributed by atoms with E-state index in [0.717, 1.165) is 50.4 Å². The van der Waals surface area contributed by atoms with E-state index in [1.165, 1.54) is 54.5 Å². The fraction of sp³-hybridized carbons (Fsp3) is 0.577. The van der Waals surface area contributed by atoms with Gasteiger partial charge in [0.2, 0.25) is 0 Å². The summed E-state index contributed by atoms with van der Waals surface area (Å²) in [5.74, 6) is 1.81. The van der Waals surface area contributed by atoms with Gasteiger partial charge in [-0.1, -0.05) is 38.3 Å². The van der Waals surface area contributed by atoms with Crippen LogP contribution in [-0.4, -0.2) is 23.6 Å². The van der Waals surface area contributed by atoms with Crippen molar-refractivity contribution in [3.8, 4) is 11.1 Å². The fourth-order valence-corrected chi connectivity index (χ4v) is 5.20. The Kier molecular flexibility index (Phi) is 7.27. The zero-order chi connectivity index (χ0) is 20.8.